The molecule has 3 aromatic rings. The van der Waals surface area contributed by atoms with Crippen molar-refractivity contribution in [3.8, 4) is 11.4 Å². The molecular weight excluding hydrogens is 412 g/mol. The number of benzene rings is 2. The van der Waals surface area contributed by atoms with E-state index < -0.39 is 0 Å². The highest BCUT2D eigenvalue weighted by Crippen LogP contribution is 2.26. The minimum atomic E-state index is 0.0654. The van der Waals surface area contributed by atoms with E-state index in [0.717, 1.165) is 74.1 Å². The van der Waals surface area contributed by atoms with Crippen LogP contribution in [-0.4, -0.2) is 58.3 Å². The zero-order valence-electron chi connectivity index (χ0n) is 19.3. The summed E-state index contributed by atoms with van der Waals surface area (Å²) in [5, 5.41) is 4.67. The summed E-state index contributed by atoms with van der Waals surface area (Å²) in [4.78, 5) is 17.2. The van der Waals surface area contributed by atoms with Gasteiger partial charge in [-0.3, -0.25) is 9.69 Å². The standard InChI is InChI=1S/C27H30N4O2/c1-20-25(21(2)31(28-20)24-6-4-3-5-7-24)9-11-27(32)30-15-13-29(14-16-30)19-22-8-10-26-23(18-22)12-17-33-26/h3-11,18H,12-17,19H2,1-2H3/b11-9+. The Balaban J connectivity index is 1.18. The molecular formula is C27H30N4O2. The molecule has 0 unspecified atom stereocenters. The minimum absolute atomic E-state index is 0.0654. The van der Waals surface area contributed by atoms with Crippen LogP contribution in [0.5, 0.6) is 5.75 Å². The van der Waals surface area contributed by atoms with Crippen molar-refractivity contribution >= 4 is 12.0 Å². The lowest BCUT2D eigenvalue weighted by Gasteiger charge is -2.34. The van der Waals surface area contributed by atoms with E-state index in [-0.39, 0.29) is 5.91 Å². The lowest BCUT2D eigenvalue weighted by molar-refractivity contribution is -0.127. The van der Waals surface area contributed by atoms with Gasteiger partial charge in [0.2, 0.25) is 5.91 Å². The maximum Gasteiger partial charge on any atom is 0.246 e. The number of amides is 1. The SMILES string of the molecule is Cc1nn(-c2ccccc2)c(C)c1/C=C/C(=O)N1CCN(Cc2ccc3c(c2)CCO3)CC1. The highest BCUT2D eigenvalue weighted by molar-refractivity contribution is 5.92. The number of rotatable bonds is 5. The summed E-state index contributed by atoms with van der Waals surface area (Å²) in [6, 6.07) is 16.6. The smallest absolute Gasteiger partial charge is 0.246 e. The molecule has 0 bridgehead atoms. The fourth-order valence-electron chi connectivity index (χ4n) is 4.70. The number of carbonyl (C=O) groups is 1. The summed E-state index contributed by atoms with van der Waals surface area (Å²) in [7, 11) is 0. The Kier molecular flexibility index (Phi) is 6.01. The van der Waals surface area contributed by atoms with E-state index in [1.807, 2.05) is 59.8 Å². The third-order valence-electron chi connectivity index (χ3n) is 6.58. The lowest BCUT2D eigenvalue weighted by atomic mass is 10.1. The van der Waals surface area contributed by atoms with Crippen molar-refractivity contribution in [3.05, 3.63) is 82.7 Å². The van der Waals surface area contributed by atoms with Gasteiger partial charge in [-0.2, -0.15) is 5.10 Å². The van der Waals surface area contributed by atoms with Gasteiger partial charge in [-0.05, 0) is 49.2 Å². The fraction of sp³-hybridized carbons (Fsp3) is 0.333. The zero-order valence-corrected chi connectivity index (χ0v) is 19.3. The Labute approximate surface area is 195 Å². The molecule has 0 radical (unpaired) electrons. The number of carbonyl (C=O) groups excluding carboxylic acids is 1. The topological polar surface area (TPSA) is 50.6 Å². The predicted molar refractivity (Wildman–Crippen MR) is 130 cm³/mol. The highest BCUT2D eigenvalue weighted by atomic mass is 16.5. The van der Waals surface area contributed by atoms with Gasteiger partial charge >= 0.3 is 0 Å². The van der Waals surface area contributed by atoms with E-state index in [1.54, 1.807) is 6.08 Å². The number of hydrogen-bond acceptors (Lipinski definition) is 4. The molecule has 3 heterocycles. The summed E-state index contributed by atoms with van der Waals surface area (Å²) >= 11 is 0. The lowest BCUT2D eigenvalue weighted by Crippen LogP contribution is -2.47. The van der Waals surface area contributed by atoms with E-state index >= 15 is 0 Å². The molecule has 0 N–H and O–H groups in total. The molecule has 6 nitrogen and oxygen atoms in total. The van der Waals surface area contributed by atoms with E-state index in [4.69, 9.17) is 4.74 Å². The van der Waals surface area contributed by atoms with E-state index in [2.05, 4.69) is 28.2 Å². The van der Waals surface area contributed by atoms with Crippen molar-refractivity contribution in [1.29, 1.82) is 0 Å². The number of para-hydroxylation sites is 1. The van der Waals surface area contributed by atoms with E-state index in [1.165, 1.54) is 11.1 Å². The average molecular weight is 443 g/mol. The van der Waals surface area contributed by atoms with Crippen molar-refractivity contribution in [2.75, 3.05) is 32.8 Å². The van der Waals surface area contributed by atoms with Crippen LogP contribution in [0.3, 0.4) is 0 Å². The largest absolute Gasteiger partial charge is 0.493 e. The summed E-state index contributed by atoms with van der Waals surface area (Å²) in [5.41, 5.74) is 6.62. The molecule has 0 saturated carbocycles. The molecule has 33 heavy (non-hydrogen) atoms. The van der Waals surface area contributed by atoms with Crippen LogP contribution in [-0.2, 0) is 17.8 Å². The van der Waals surface area contributed by atoms with Crippen LogP contribution in [0.4, 0.5) is 0 Å². The molecule has 0 atom stereocenters. The average Bonchev–Trinajstić information content (AvgIpc) is 3.42. The molecule has 170 valence electrons. The van der Waals surface area contributed by atoms with E-state index in [0.29, 0.717) is 0 Å². The second-order valence-corrected chi connectivity index (χ2v) is 8.81. The van der Waals surface area contributed by atoms with Gasteiger partial charge in [0.1, 0.15) is 5.75 Å². The number of aryl methyl sites for hydroxylation is 1. The Bertz CT molecular complexity index is 1170. The van der Waals surface area contributed by atoms with Gasteiger partial charge in [0.15, 0.2) is 0 Å². The summed E-state index contributed by atoms with van der Waals surface area (Å²) in [6.45, 7) is 9.01. The summed E-state index contributed by atoms with van der Waals surface area (Å²) in [5.74, 6) is 1.09. The van der Waals surface area contributed by atoms with Crippen LogP contribution in [0, 0.1) is 13.8 Å². The number of aromatic nitrogens is 2. The van der Waals surface area contributed by atoms with Crippen molar-refractivity contribution in [2.45, 2.75) is 26.8 Å². The molecule has 2 aliphatic heterocycles. The predicted octanol–water partition coefficient (Wildman–Crippen LogP) is 3.78. The summed E-state index contributed by atoms with van der Waals surface area (Å²) < 4.78 is 7.54. The Hall–Kier alpha value is -3.38. The van der Waals surface area contributed by atoms with Gasteiger partial charge in [-0.25, -0.2) is 4.68 Å². The number of hydrogen-bond donors (Lipinski definition) is 0. The van der Waals surface area contributed by atoms with Gasteiger partial charge in [0, 0.05) is 56.5 Å². The van der Waals surface area contributed by atoms with Gasteiger partial charge in [-0.1, -0.05) is 30.3 Å². The van der Waals surface area contributed by atoms with Crippen LogP contribution in [0.15, 0.2) is 54.6 Å². The first-order chi connectivity index (χ1) is 16.1. The first kappa shape index (κ1) is 21.5. The first-order valence-electron chi connectivity index (χ1n) is 11.6. The van der Waals surface area contributed by atoms with Crippen LogP contribution >= 0.6 is 0 Å². The zero-order chi connectivity index (χ0) is 22.8. The van der Waals surface area contributed by atoms with Crippen LogP contribution in [0.2, 0.25) is 0 Å². The number of fused-ring (bicyclic) bond motifs is 1. The molecule has 0 spiro atoms. The van der Waals surface area contributed by atoms with Gasteiger partial charge in [0.05, 0.1) is 18.0 Å². The Morgan fingerprint density at radius 3 is 2.64 bits per heavy atom. The minimum Gasteiger partial charge on any atom is -0.493 e. The maximum absolute atomic E-state index is 12.8. The van der Waals surface area contributed by atoms with Crippen molar-refractivity contribution in [3.63, 3.8) is 0 Å². The Morgan fingerprint density at radius 2 is 1.85 bits per heavy atom. The van der Waals surface area contributed by atoms with Gasteiger partial charge in [0.25, 0.3) is 0 Å². The molecule has 1 fully saturated rings. The normalized spacial score (nSPS) is 16.2. The second-order valence-electron chi connectivity index (χ2n) is 8.81. The molecule has 2 aromatic carbocycles. The summed E-state index contributed by atoms with van der Waals surface area (Å²) in [6.07, 6.45) is 4.61. The maximum atomic E-state index is 12.8. The van der Waals surface area contributed by atoms with Crippen LogP contribution in [0.25, 0.3) is 11.8 Å². The third-order valence-corrected chi connectivity index (χ3v) is 6.58. The first-order valence-corrected chi connectivity index (χ1v) is 11.6. The highest BCUT2D eigenvalue weighted by Gasteiger charge is 2.21. The molecule has 1 amide bonds. The van der Waals surface area contributed by atoms with Crippen LogP contribution < -0.4 is 4.74 Å². The molecule has 6 heteroatoms. The Morgan fingerprint density at radius 1 is 1.06 bits per heavy atom. The third kappa shape index (κ3) is 4.57. The molecule has 5 rings (SSSR count). The van der Waals surface area contributed by atoms with Crippen molar-refractivity contribution in [2.24, 2.45) is 0 Å². The van der Waals surface area contributed by atoms with Crippen molar-refractivity contribution < 1.29 is 9.53 Å². The molecule has 2 aliphatic rings. The monoisotopic (exact) mass is 442 g/mol. The molecule has 0 aliphatic carbocycles. The number of ether oxygens (including phenoxy) is 1. The molecule has 1 aromatic heterocycles. The van der Waals surface area contributed by atoms with Gasteiger partial charge < -0.3 is 9.64 Å². The van der Waals surface area contributed by atoms with Crippen molar-refractivity contribution in [1.82, 2.24) is 19.6 Å². The fourth-order valence-corrected chi connectivity index (χ4v) is 4.70. The number of nitrogens with zero attached hydrogens (tertiary/aromatic N) is 4. The van der Waals surface area contributed by atoms with Gasteiger partial charge in [-0.15, -0.1) is 0 Å². The van der Waals surface area contributed by atoms with E-state index in [9.17, 15) is 4.79 Å². The van der Waals surface area contributed by atoms with Crippen LogP contribution in [0.1, 0.15) is 28.1 Å². The number of piperazine rings is 1. The molecule has 1 saturated heterocycles. The quantitative estimate of drug-likeness (QED) is 0.565. The second kappa shape index (κ2) is 9.24.